The van der Waals surface area contributed by atoms with Crippen molar-refractivity contribution in [1.82, 2.24) is 0 Å². The number of carbonyl (C=O) groups excluding carboxylic acids is 1. The molecule has 0 heterocycles. The Kier molecular flexibility index (Phi) is 6.97. The molecule has 0 aliphatic heterocycles. The summed E-state index contributed by atoms with van der Waals surface area (Å²) in [7, 11) is 0. The fourth-order valence-corrected chi connectivity index (χ4v) is 2.92. The van der Waals surface area contributed by atoms with Crippen LogP contribution < -0.4 is 15.2 Å². The molecule has 2 rings (SSSR count). The van der Waals surface area contributed by atoms with Crippen molar-refractivity contribution in [1.29, 1.82) is 5.26 Å². The average molecular weight is 466 g/mol. The maximum Gasteiger partial charge on any atom is 0.259 e. The summed E-state index contributed by atoms with van der Waals surface area (Å²) in [5, 5.41) is 8.98. The van der Waals surface area contributed by atoms with Gasteiger partial charge in [0.05, 0.1) is 10.2 Å². The number of benzene rings is 2. The summed E-state index contributed by atoms with van der Waals surface area (Å²) in [5.41, 5.74) is 6.43. The van der Waals surface area contributed by atoms with Crippen LogP contribution in [-0.2, 0) is 11.4 Å². The SMILES string of the molecule is CCOc1cc(/C=C(\C#N)C(N)=O)cc(I)c1OCc1ccc(F)cc1. The third-order valence-electron chi connectivity index (χ3n) is 3.33. The quantitative estimate of drug-likeness (QED) is 0.382. The number of nitriles is 1. The average Bonchev–Trinajstić information content (AvgIpc) is 2.60. The molecule has 7 heteroatoms. The van der Waals surface area contributed by atoms with Gasteiger partial charge in [-0.05, 0) is 71.0 Å². The fourth-order valence-electron chi connectivity index (χ4n) is 2.14. The number of hydrogen-bond acceptors (Lipinski definition) is 4. The van der Waals surface area contributed by atoms with E-state index in [1.807, 2.05) is 6.92 Å². The van der Waals surface area contributed by atoms with E-state index in [0.717, 1.165) is 9.13 Å². The van der Waals surface area contributed by atoms with Crippen LogP contribution in [0.4, 0.5) is 4.39 Å². The lowest BCUT2D eigenvalue weighted by Crippen LogP contribution is -2.12. The van der Waals surface area contributed by atoms with Gasteiger partial charge in [-0.15, -0.1) is 0 Å². The minimum atomic E-state index is -0.794. The number of carbonyl (C=O) groups is 1. The lowest BCUT2D eigenvalue weighted by Gasteiger charge is -2.15. The summed E-state index contributed by atoms with van der Waals surface area (Å²) in [6, 6.07) is 11.2. The molecule has 0 aromatic heterocycles. The second-order valence-electron chi connectivity index (χ2n) is 5.21. The van der Waals surface area contributed by atoms with Gasteiger partial charge in [-0.3, -0.25) is 4.79 Å². The molecule has 0 spiro atoms. The molecule has 2 N–H and O–H groups in total. The predicted octanol–water partition coefficient (Wildman–Crippen LogP) is 3.80. The van der Waals surface area contributed by atoms with Crippen LogP contribution in [0.2, 0.25) is 0 Å². The minimum absolute atomic E-state index is 0.150. The molecule has 0 atom stereocenters. The van der Waals surface area contributed by atoms with Crippen LogP contribution in [0.5, 0.6) is 11.5 Å². The lowest BCUT2D eigenvalue weighted by molar-refractivity contribution is -0.114. The number of nitrogens with two attached hydrogens (primary N) is 1. The standard InChI is InChI=1S/C19H16FIN2O3/c1-2-25-17-9-13(7-14(10-22)19(23)24)8-16(21)18(17)26-11-12-3-5-15(20)6-4-12/h3-9H,2,11H2,1H3,(H2,23,24)/b14-7+. The van der Waals surface area contributed by atoms with Crippen molar-refractivity contribution >= 4 is 34.6 Å². The highest BCUT2D eigenvalue weighted by atomic mass is 127. The second kappa shape index (κ2) is 9.20. The van der Waals surface area contributed by atoms with Crippen molar-refractivity contribution in [2.45, 2.75) is 13.5 Å². The molecule has 0 aliphatic rings. The summed E-state index contributed by atoms with van der Waals surface area (Å²) >= 11 is 2.08. The van der Waals surface area contributed by atoms with Crippen LogP contribution in [0.15, 0.2) is 42.0 Å². The van der Waals surface area contributed by atoms with E-state index in [1.54, 1.807) is 30.3 Å². The van der Waals surface area contributed by atoms with Gasteiger partial charge < -0.3 is 15.2 Å². The Morgan fingerprint density at radius 2 is 2.00 bits per heavy atom. The Labute approximate surface area is 164 Å². The Morgan fingerprint density at radius 1 is 1.31 bits per heavy atom. The molecule has 2 aromatic carbocycles. The van der Waals surface area contributed by atoms with Gasteiger partial charge >= 0.3 is 0 Å². The molecule has 0 saturated heterocycles. The first-order valence-electron chi connectivity index (χ1n) is 7.69. The molecule has 0 fully saturated rings. The molecule has 26 heavy (non-hydrogen) atoms. The van der Waals surface area contributed by atoms with Gasteiger partial charge in [0.15, 0.2) is 11.5 Å². The van der Waals surface area contributed by atoms with E-state index in [0.29, 0.717) is 23.7 Å². The summed E-state index contributed by atoms with van der Waals surface area (Å²) in [5.74, 6) is -0.0876. The summed E-state index contributed by atoms with van der Waals surface area (Å²) in [6.45, 7) is 2.50. The molecule has 1 amide bonds. The van der Waals surface area contributed by atoms with Crippen LogP contribution in [0, 0.1) is 20.7 Å². The summed E-state index contributed by atoms with van der Waals surface area (Å²) in [6.07, 6.45) is 1.40. The first-order chi connectivity index (χ1) is 12.4. The maximum absolute atomic E-state index is 13.0. The normalized spacial score (nSPS) is 10.9. The van der Waals surface area contributed by atoms with Gasteiger partial charge in [-0.1, -0.05) is 12.1 Å². The van der Waals surface area contributed by atoms with Crippen LogP contribution in [0.25, 0.3) is 6.08 Å². The van der Waals surface area contributed by atoms with E-state index in [-0.39, 0.29) is 18.0 Å². The lowest BCUT2D eigenvalue weighted by atomic mass is 10.1. The number of halogens is 2. The molecule has 0 unspecified atom stereocenters. The molecule has 0 bridgehead atoms. The molecule has 2 aromatic rings. The number of ether oxygens (including phenoxy) is 2. The van der Waals surface area contributed by atoms with E-state index in [1.165, 1.54) is 18.2 Å². The van der Waals surface area contributed by atoms with E-state index in [9.17, 15) is 9.18 Å². The Bertz CT molecular complexity index is 874. The number of hydrogen-bond donors (Lipinski definition) is 1. The van der Waals surface area contributed by atoms with Crippen LogP contribution in [-0.4, -0.2) is 12.5 Å². The molecule has 0 aliphatic carbocycles. The molecule has 5 nitrogen and oxygen atoms in total. The van der Waals surface area contributed by atoms with Gasteiger partial charge in [-0.2, -0.15) is 5.26 Å². The fraction of sp³-hybridized carbons (Fsp3) is 0.158. The Hall–Kier alpha value is -2.60. The second-order valence-corrected chi connectivity index (χ2v) is 6.37. The summed E-state index contributed by atoms with van der Waals surface area (Å²) in [4.78, 5) is 11.2. The molecule has 0 saturated carbocycles. The van der Waals surface area contributed by atoms with Crippen molar-refractivity contribution in [3.63, 3.8) is 0 Å². The highest BCUT2D eigenvalue weighted by molar-refractivity contribution is 14.1. The first kappa shape index (κ1) is 19.7. The van der Waals surface area contributed by atoms with E-state index >= 15 is 0 Å². The van der Waals surface area contributed by atoms with Crippen LogP contribution in [0.1, 0.15) is 18.1 Å². The number of rotatable bonds is 7. The van der Waals surface area contributed by atoms with Crippen molar-refractivity contribution in [3.05, 3.63) is 62.5 Å². The summed E-state index contributed by atoms with van der Waals surface area (Å²) < 4.78 is 25.2. The van der Waals surface area contributed by atoms with Gasteiger partial charge in [0.25, 0.3) is 5.91 Å². The van der Waals surface area contributed by atoms with Gasteiger partial charge in [0.2, 0.25) is 0 Å². The smallest absolute Gasteiger partial charge is 0.259 e. The van der Waals surface area contributed by atoms with E-state index < -0.39 is 5.91 Å². The van der Waals surface area contributed by atoms with Gasteiger partial charge in [0.1, 0.15) is 24.1 Å². The monoisotopic (exact) mass is 466 g/mol. The van der Waals surface area contributed by atoms with Crippen LogP contribution >= 0.6 is 22.6 Å². The van der Waals surface area contributed by atoms with Crippen molar-refractivity contribution in [2.75, 3.05) is 6.61 Å². The van der Waals surface area contributed by atoms with E-state index in [4.69, 9.17) is 20.5 Å². The largest absolute Gasteiger partial charge is 0.490 e. The van der Waals surface area contributed by atoms with Crippen molar-refractivity contribution < 1.29 is 18.7 Å². The molecule has 134 valence electrons. The third kappa shape index (κ3) is 5.20. The molecular weight excluding hydrogens is 450 g/mol. The number of primary amides is 1. The zero-order valence-electron chi connectivity index (χ0n) is 14.0. The minimum Gasteiger partial charge on any atom is -0.490 e. The third-order valence-corrected chi connectivity index (χ3v) is 4.13. The topological polar surface area (TPSA) is 85.3 Å². The zero-order valence-corrected chi connectivity index (χ0v) is 16.1. The zero-order chi connectivity index (χ0) is 19.1. The predicted molar refractivity (Wildman–Crippen MR) is 104 cm³/mol. The Morgan fingerprint density at radius 3 is 2.58 bits per heavy atom. The molecular formula is C19H16FIN2O3. The highest BCUT2D eigenvalue weighted by Gasteiger charge is 2.13. The van der Waals surface area contributed by atoms with Gasteiger partial charge in [0, 0.05) is 0 Å². The number of amides is 1. The van der Waals surface area contributed by atoms with Crippen molar-refractivity contribution in [3.8, 4) is 17.6 Å². The Balaban J connectivity index is 2.32. The van der Waals surface area contributed by atoms with Crippen LogP contribution in [0.3, 0.4) is 0 Å². The first-order valence-corrected chi connectivity index (χ1v) is 8.77. The highest BCUT2D eigenvalue weighted by Crippen LogP contribution is 2.35. The number of nitrogens with zero attached hydrogens (tertiary/aromatic N) is 1. The van der Waals surface area contributed by atoms with Gasteiger partial charge in [-0.25, -0.2) is 4.39 Å². The molecule has 0 radical (unpaired) electrons. The van der Waals surface area contributed by atoms with E-state index in [2.05, 4.69) is 22.6 Å². The maximum atomic E-state index is 13.0. The van der Waals surface area contributed by atoms with Crippen molar-refractivity contribution in [2.24, 2.45) is 5.73 Å².